The van der Waals surface area contributed by atoms with Crippen LogP contribution in [0.4, 0.5) is 11.6 Å². The molecule has 1 aliphatic heterocycles. The lowest BCUT2D eigenvalue weighted by atomic mass is 10.2. The van der Waals surface area contributed by atoms with Gasteiger partial charge in [0.1, 0.15) is 17.5 Å². The minimum atomic E-state index is 0.912. The number of aromatic nitrogens is 2. The predicted octanol–water partition coefficient (Wildman–Crippen LogP) is 2.79. The van der Waals surface area contributed by atoms with Gasteiger partial charge in [0.15, 0.2) is 0 Å². The highest BCUT2D eigenvalue weighted by Crippen LogP contribution is 2.19. The van der Waals surface area contributed by atoms with Gasteiger partial charge in [-0.1, -0.05) is 37.3 Å². The van der Waals surface area contributed by atoms with Gasteiger partial charge < -0.3 is 10.2 Å². The summed E-state index contributed by atoms with van der Waals surface area (Å²) in [5.41, 5.74) is 1.38. The van der Waals surface area contributed by atoms with Crippen LogP contribution in [0.25, 0.3) is 0 Å². The third-order valence-electron chi connectivity index (χ3n) is 4.43. The van der Waals surface area contributed by atoms with E-state index in [4.69, 9.17) is 4.98 Å². The number of rotatable bonds is 6. The zero-order chi connectivity index (χ0) is 16.8. The number of hydrogen-bond acceptors (Lipinski definition) is 5. The SMILES string of the molecule is CCCc1nc(NC)cc(N2CCN(Cc3ccccc3)CC2)n1. The number of hydrogen-bond donors (Lipinski definition) is 1. The molecule has 0 amide bonds. The molecule has 3 rings (SSSR count). The van der Waals surface area contributed by atoms with Gasteiger partial charge in [-0.15, -0.1) is 0 Å². The van der Waals surface area contributed by atoms with Crippen molar-refractivity contribution in [2.45, 2.75) is 26.3 Å². The zero-order valence-electron chi connectivity index (χ0n) is 14.7. The Kier molecular flexibility index (Phi) is 5.64. The van der Waals surface area contributed by atoms with E-state index in [-0.39, 0.29) is 0 Å². The first-order chi connectivity index (χ1) is 11.8. The standard InChI is InChI=1S/C19H27N5/c1-3-7-17-21-18(20-2)14-19(22-17)24-12-10-23(11-13-24)15-16-8-5-4-6-9-16/h4-6,8-9,14H,3,7,10-13,15H2,1-2H3,(H,20,21,22). The first-order valence-electron chi connectivity index (χ1n) is 8.85. The Balaban J connectivity index is 1.62. The second-order valence-electron chi connectivity index (χ2n) is 6.28. The van der Waals surface area contributed by atoms with E-state index in [1.807, 2.05) is 7.05 Å². The second-order valence-corrected chi connectivity index (χ2v) is 6.28. The molecule has 0 saturated carbocycles. The number of nitrogens with one attached hydrogen (secondary N) is 1. The molecule has 0 radical (unpaired) electrons. The van der Waals surface area contributed by atoms with E-state index >= 15 is 0 Å². The minimum absolute atomic E-state index is 0.912. The third kappa shape index (κ3) is 4.23. The summed E-state index contributed by atoms with van der Waals surface area (Å²) in [7, 11) is 1.92. The van der Waals surface area contributed by atoms with Crippen molar-refractivity contribution in [1.82, 2.24) is 14.9 Å². The summed E-state index contributed by atoms with van der Waals surface area (Å²) in [5, 5.41) is 3.16. The second kappa shape index (κ2) is 8.11. The average Bonchev–Trinajstić information content (AvgIpc) is 2.63. The molecule has 1 aliphatic rings. The maximum atomic E-state index is 4.76. The highest BCUT2D eigenvalue weighted by Gasteiger charge is 2.19. The fourth-order valence-electron chi connectivity index (χ4n) is 3.09. The van der Waals surface area contributed by atoms with Crippen LogP contribution in [0.3, 0.4) is 0 Å². The first-order valence-corrected chi connectivity index (χ1v) is 8.85. The predicted molar refractivity (Wildman–Crippen MR) is 99.5 cm³/mol. The van der Waals surface area contributed by atoms with Gasteiger partial charge in [0.05, 0.1) is 0 Å². The van der Waals surface area contributed by atoms with Crippen molar-refractivity contribution in [2.75, 3.05) is 43.4 Å². The lowest BCUT2D eigenvalue weighted by molar-refractivity contribution is 0.249. The first kappa shape index (κ1) is 16.7. The van der Waals surface area contributed by atoms with Gasteiger partial charge in [-0.05, 0) is 12.0 Å². The van der Waals surface area contributed by atoms with Crippen LogP contribution in [0.15, 0.2) is 36.4 Å². The Labute approximate surface area is 144 Å². The average molecular weight is 325 g/mol. The minimum Gasteiger partial charge on any atom is -0.373 e. The molecular weight excluding hydrogens is 298 g/mol. The molecule has 0 atom stereocenters. The van der Waals surface area contributed by atoms with E-state index in [1.54, 1.807) is 0 Å². The van der Waals surface area contributed by atoms with Crippen molar-refractivity contribution >= 4 is 11.6 Å². The Morgan fingerprint density at radius 2 is 1.79 bits per heavy atom. The van der Waals surface area contributed by atoms with E-state index < -0.39 is 0 Å². The van der Waals surface area contributed by atoms with Crippen LogP contribution in [0.1, 0.15) is 24.7 Å². The molecule has 0 spiro atoms. The van der Waals surface area contributed by atoms with Crippen LogP contribution < -0.4 is 10.2 Å². The molecule has 1 saturated heterocycles. The van der Waals surface area contributed by atoms with Gasteiger partial charge in [-0.2, -0.15) is 0 Å². The third-order valence-corrected chi connectivity index (χ3v) is 4.43. The summed E-state index contributed by atoms with van der Waals surface area (Å²) < 4.78 is 0. The Bertz CT molecular complexity index is 635. The molecule has 1 N–H and O–H groups in total. The van der Waals surface area contributed by atoms with Crippen LogP contribution in [0.5, 0.6) is 0 Å². The normalized spacial score (nSPS) is 15.5. The van der Waals surface area contributed by atoms with Gasteiger partial charge in [0.2, 0.25) is 0 Å². The number of piperazine rings is 1. The Hall–Kier alpha value is -2.14. The number of aryl methyl sites for hydroxylation is 1. The highest BCUT2D eigenvalue weighted by atomic mass is 15.3. The molecule has 2 aromatic rings. The fraction of sp³-hybridized carbons (Fsp3) is 0.474. The van der Waals surface area contributed by atoms with Gasteiger partial charge in [0.25, 0.3) is 0 Å². The zero-order valence-corrected chi connectivity index (χ0v) is 14.7. The van der Waals surface area contributed by atoms with Crippen LogP contribution in [0.2, 0.25) is 0 Å². The maximum absolute atomic E-state index is 4.76. The molecule has 0 unspecified atom stereocenters. The van der Waals surface area contributed by atoms with Crippen molar-refractivity contribution in [3.8, 4) is 0 Å². The molecule has 0 bridgehead atoms. The molecule has 2 heterocycles. The van der Waals surface area contributed by atoms with Gasteiger partial charge >= 0.3 is 0 Å². The summed E-state index contributed by atoms with van der Waals surface area (Å²) in [6.07, 6.45) is 1.99. The molecule has 1 aromatic carbocycles. The summed E-state index contributed by atoms with van der Waals surface area (Å²) in [6.45, 7) is 7.35. The van der Waals surface area contributed by atoms with E-state index in [9.17, 15) is 0 Å². The highest BCUT2D eigenvalue weighted by molar-refractivity contribution is 5.49. The topological polar surface area (TPSA) is 44.3 Å². The van der Waals surface area contributed by atoms with Crippen molar-refractivity contribution in [2.24, 2.45) is 0 Å². The number of nitrogens with zero attached hydrogens (tertiary/aromatic N) is 4. The molecule has 0 aliphatic carbocycles. The number of anilines is 2. The van der Waals surface area contributed by atoms with E-state index in [2.05, 4.69) is 63.4 Å². The monoisotopic (exact) mass is 325 g/mol. The van der Waals surface area contributed by atoms with Crippen LogP contribution in [-0.2, 0) is 13.0 Å². The molecule has 5 heteroatoms. The lowest BCUT2D eigenvalue weighted by Crippen LogP contribution is -2.46. The van der Waals surface area contributed by atoms with Crippen molar-refractivity contribution < 1.29 is 0 Å². The Morgan fingerprint density at radius 1 is 1.04 bits per heavy atom. The van der Waals surface area contributed by atoms with Crippen molar-refractivity contribution in [3.63, 3.8) is 0 Å². The fourth-order valence-corrected chi connectivity index (χ4v) is 3.09. The molecular formula is C19H27N5. The molecule has 1 fully saturated rings. The van der Waals surface area contributed by atoms with Gasteiger partial charge in [-0.3, -0.25) is 4.90 Å². The maximum Gasteiger partial charge on any atom is 0.134 e. The van der Waals surface area contributed by atoms with Crippen molar-refractivity contribution in [1.29, 1.82) is 0 Å². The summed E-state index contributed by atoms with van der Waals surface area (Å²) in [5.74, 6) is 2.90. The van der Waals surface area contributed by atoms with Crippen molar-refractivity contribution in [3.05, 3.63) is 47.8 Å². The molecule has 24 heavy (non-hydrogen) atoms. The smallest absolute Gasteiger partial charge is 0.134 e. The van der Waals surface area contributed by atoms with Gasteiger partial charge in [-0.25, -0.2) is 9.97 Å². The summed E-state index contributed by atoms with van der Waals surface area (Å²) in [4.78, 5) is 14.2. The summed E-state index contributed by atoms with van der Waals surface area (Å²) in [6, 6.07) is 12.8. The Morgan fingerprint density at radius 3 is 2.46 bits per heavy atom. The molecule has 128 valence electrons. The molecule has 1 aromatic heterocycles. The van der Waals surface area contributed by atoms with E-state index in [1.165, 1.54) is 5.56 Å². The number of benzene rings is 1. The van der Waals surface area contributed by atoms with E-state index in [0.29, 0.717) is 0 Å². The lowest BCUT2D eigenvalue weighted by Gasteiger charge is -2.35. The van der Waals surface area contributed by atoms with Crippen LogP contribution in [-0.4, -0.2) is 48.1 Å². The summed E-state index contributed by atoms with van der Waals surface area (Å²) >= 11 is 0. The largest absolute Gasteiger partial charge is 0.373 e. The van der Waals surface area contributed by atoms with E-state index in [0.717, 1.165) is 63.0 Å². The molecule has 5 nitrogen and oxygen atoms in total. The van der Waals surface area contributed by atoms with Gasteiger partial charge in [0, 0.05) is 52.3 Å². The van der Waals surface area contributed by atoms with Crippen LogP contribution in [0, 0.1) is 0 Å². The quantitative estimate of drug-likeness (QED) is 0.885. The van der Waals surface area contributed by atoms with Crippen LogP contribution >= 0.6 is 0 Å².